The van der Waals surface area contributed by atoms with Gasteiger partial charge in [-0.1, -0.05) is 0 Å². The maximum atomic E-state index is 8.66. The van der Waals surface area contributed by atoms with Gasteiger partial charge in [0.25, 0.3) is 0 Å². The van der Waals surface area contributed by atoms with E-state index in [0.29, 0.717) is 12.1 Å². The van der Waals surface area contributed by atoms with E-state index in [4.69, 9.17) is 5.26 Å². The standard InChI is InChI=1S/C12H12N4/c1-9-12(16-8-15-9)7-14-11-4-2-10(6-13)3-5-11/h2-5,8,14H,7H2,1H3,(H,15,16). The van der Waals surface area contributed by atoms with Crippen molar-refractivity contribution >= 4 is 5.69 Å². The molecule has 0 aliphatic heterocycles. The molecule has 16 heavy (non-hydrogen) atoms. The van der Waals surface area contributed by atoms with Gasteiger partial charge in [0, 0.05) is 11.4 Å². The number of nitriles is 1. The third-order valence-electron chi connectivity index (χ3n) is 2.41. The molecule has 80 valence electrons. The number of nitrogens with zero attached hydrogens (tertiary/aromatic N) is 2. The second-order valence-electron chi connectivity index (χ2n) is 3.52. The number of anilines is 1. The molecule has 2 aromatic rings. The fraction of sp³-hybridized carbons (Fsp3) is 0.167. The van der Waals surface area contributed by atoms with Crippen LogP contribution < -0.4 is 5.32 Å². The summed E-state index contributed by atoms with van der Waals surface area (Å²) in [5.74, 6) is 0. The Kier molecular flexibility index (Phi) is 2.88. The SMILES string of the molecule is Cc1[nH]cnc1CNc1ccc(C#N)cc1. The van der Waals surface area contributed by atoms with Crippen LogP contribution in [0.2, 0.25) is 0 Å². The summed E-state index contributed by atoms with van der Waals surface area (Å²) in [5, 5.41) is 11.9. The number of aromatic nitrogens is 2. The van der Waals surface area contributed by atoms with Gasteiger partial charge < -0.3 is 10.3 Å². The number of hydrogen-bond donors (Lipinski definition) is 2. The molecule has 0 atom stereocenters. The average Bonchev–Trinajstić information content (AvgIpc) is 2.73. The molecule has 0 spiro atoms. The molecule has 0 fully saturated rings. The largest absolute Gasteiger partial charge is 0.379 e. The van der Waals surface area contributed by atoms with Gasteiger partial charge in [-0.05, 0) is 31.2 Å². The predicted octanol–water partition coefficient (Wildman–Crippen LogP) is 2.20. The maximum Gasteiger partial charge on any atom is 0.0991 e. The van der Waals surface area contributed by atoms with Gasteiger partial charge in [0.1, 0.15) is 0 Å². The van der Waals surface area contributed by atoms with Crippen LogP contribution in [-0.4, -0.2) is 9.97 Å². The quantitative estimate of drug-likeness (QED) is 0.819. The summed E-state index contributed by atoms with van der Waals surface area (Å²) < 4.78 is 0. The number of aromatic amines is 1. The number of hydrogen-bond acceptors (Lipinski definition) is 3. The van der Waals surface area contributed by atoms with Crippen molar-refractivity contribution in [3.63, 3.8) is 0 Å². The highest BCUT2D eigenvalue weighted by molar-refractivity contribution is 5.47. The van der Waals surface area contributed by atoms with Gasteiger partial charge in [-0.15, -0.1) is 0 Å². The molecule has 4 nitrogen and oxygen atoms in total. The maximum absolute atomic E-state index is 8.66. The van der Waals surface area contributed by atoms with Crippen LogP contribution in [0.4, 0.5) is 5.69 Å². The molecule has 1 heterocycles. The molecule has 1 aromatic carbocycles. The minimum Gasteiger partial charge on any atom is -0.379 e. The third-order valence-corrected chi connectivity index (χ3v) is 2.41. The van der Waals surface area contributed by atoms with E-state index in [-0.39, 0.29) is 0 Å². The lowest BCUT2D eigenvalue weighted by Gasteiger charge is -2.04. The van der Waals surface area contributed by atoms with Crippen LogP contribution in [0.3, 0.4) is 0 Å². The van der Waals surface area contributed by atoms with Crippen molar-refractivity contribution in [1.29, 1.82) is 5.26 Å². The first-order valence-electron chi connectivity index (χ1n) is 5.02. The molecule has 0 unspecified atom stereocenters. The highest BCUT2D eigenvalue weighted by Crippen LogP contribution is 2.10. The molecule has 1 aromatic heterocycles. The fourth-order valence-electron chi connectivity index (χ4n) is 1.41. The van der Waals surface area contributed by atoms with Crippen molar-refractivity contribution in [1.82, 2.24) is 9.97 Å². The minimum absolute atomic E-state index is 0.668. The number of benzene rings is 1. The Morgan fingerprint density at radius 3 is 2.69 bits per heavy atom. The molecule has 2 rings (SSSR count). The summed E-state index contributed by atoms with van der Waals surface area (Å²) in [6, 6.07) is 9.45. The zero-order valence-corrected chi connectivity index (χ0v) is 8.99. The second kappa shape index (κ2) is 4.49. The summed E-state index contributed by atoms with van der Waals surface area (Å²) in [5.41, 5.74) is 3.73. The lowest BCUT2D eigenvalue weighted by atomic mass is 10.2. The van der Waals surface area contributed by atoms with E-state index in [0.717, 1.165) is 17.1 Å². The number of rotatable bonds is 3. The van der Waals surface area contributed by atoms with E-state index in [1.165, 1.54) is 0 Å². The van der Waals surface area contributed by atoms with Crippen LogP contribution in [-0.2, 0) is 6.54 Å². The van der Waals surface area contributed by atoms with Crippen molar-refractivity contribution in [3.05, 3.63) is 47.5 Å². The fourth-order valence-corrected chi connectivity index (χ4v) is 1.41. The van der Waals surface area contributed by atoms with Gasteiger partial charge in [0.05, 0.1) is 30.2 Å². The van der Waals surface area contributed by atoms with E-state index < -0.39 is 0 Å². The van der Waals surface area contributed by atoms with Crippen molar-refractivity contribution in [2.75, 3.05) is 5.32 Å². The van der Waals surface area contributed by atoms with Crippen LogP contribution in [0.1, 0.15) is 17.0 Å². The summed E-state index contributed by atoms with van der Waals surface area (Å²) in [6.07, 6.45) is 1.69. The summed E-state index contributed by atoms with van der Waals surface area (Å²) >= 11 is 0. The Morgan fingerprint density at radius 2 is 2.12 bits per heavy atom. The van der Waals surface area contributed by atoms with Gasteiger partial charge in [-0.2, -0.15) is 5.26 Å². The van der Waals surface area contributed by atoms with Gasteiger partial charge >= 0.3 is 0 Å². The zero-order valence-electron chi connectivity index (χ0n) is 8.99. The molecule has 4 heteroatoms. The van der Waals surface area contributed by atoms with Crippen LogP contribution >= 0.6 is 0 Å². The molecule has 0 radical (unpaired) electrons. The molecule has 0 saturated heterocycles. The molecular weight excluding hydrogens is 200 g/mol. The van der Waals surface area contributed by atoms with E-state index in [2.05, 4.69) is 21.4 Å². The first kappa shape index (κ1) is 10.2. The van der Waals surface area contributed by atoms with Crippen LogP contribution in [0.25, 0.3) is 0 Å². The number of nitrogens with one attached hydrogen (secondary N) is 2. The van der Waals surface area contributed by atoms with Crippen LogP contribution in [0.15, 0.2) is 30.6 Å². The number of imidazole rings is 1. The van der Waals surface area contributed by atoms with E-state index in [1.807, 2.05) is 19.1 Å². The topological polar surface area (TPSA) is 64.5 Å². The molecule has 0 saturated carbocycles. The van der Waals surface area contributed by atoms with Crippen molar-refractivity contribution < 1.29 is 0 Å². The Hall–Kier alpha value is -2.28. The summed E-state index contributed by atoms with van der Waals surface area (Å²) in [4.78, 5) is 7.22. The van der Waals surface area contributed by atoms with E-state index in [9.17, 15) is 0 Å². The van der Waals surface area contributed by atoms with Gasteiger partial charge in [0.15, 0.2) is 0 Å². The van der Waals surface area contributed by atoms with Gasteiger partial charge in [-0.3, -0.25) is 0 Å². The second-order valence-corrected chi connectivity index (χ2v) is 3.52. The van der Waals surface area contributed by atoms with E-state index >= 15 is 0 Å². The van der Waals surface area contributed by atoms with E-state index in [1.54, 1.807) is 18.5 Å². The molecule has 0 bridgehead atoms. The smallest absolute Gasteiger partial charge is 0.0991 e. The van der Waals surface area contributed by atoms with Crippen molar-refractivity contribution in [3.8, 4) is 6.07 Å². The van der Waals surface area contributed by atoms with Gasteiger partial charge in [0.2, 0.25) is 0 Å². The van der Waals surface area contributed by atoms with Crippen LogP contribution in [0, 0.1) is 18.3 Å². The number of H-pyrrole nitrogens is 1. The van der Waals surface area contributed by atoms with Crippen molar-refractivity contribution in [2.24, 2.45) is 0 Å². The molecule has 0 aliphatic rings. The monoisotopic (exact) mass is 212 g/mol. The Bertz CT molecular complexity index is 505. The Balaban J connectivity index is 2.00. The Labute approximate surface area is 94.0 Å². The zero-order chi connectivity index (χ0) is 11.4. The minimum atomic E-state index is 0.668. The lowest BCUT2D eigenvalue weighted by molar-refractivity contribution is 1.05. The highest BCUT2D eigenvalue weighted by atomic mass is 14.9. The first-order chi connectivity index (χ1) is 7.79. The highest BCUT2D eigenvalue weighted by Gasteiger charge is 2.00. The summed E-state index contributed by atoms with van der Waals surface area (Å²) in [7, 11) is 0. The average molecular weight is 212 g/mol. The van der Waals surface area contributed by atoms with Gasteiger partial charge in [-0.25, -0.2) is 4.98 Å². The van der Waals surface area contributed by atoms with Crippen LogP contribution in [0.5, 0.6) is 0 Å². The predicted molar refractivity (Wildman–Crippen MR) is 61.8 cm³/mol. The molecule has 2 N–H and O–H groups in total. The third kappa shape index (κ3) is 2.20. The number of aryl methyl sites for hydroxylation is 1. The normalized spacial score (nSPS) is 9.75. The molecule has 0 aliphatic carbocycles. The molecular formula is C12H12N4. The first-order valence-corrected chi connectivity index (χ1v) is 5.02. The van der Waals surface area contributed by atoms with Crippen molar-refractivity contribution in [2.45, 2.75) is 13.5 Å². The molecule has 0 amide bonds. The lowest BCUT2D eigenvalue weighted by Crippen LogP contribution is -2.01. The summed E-state index contributed by atoms with van der Waals surface area (Å²) in [6.45, 7) is 2.67. The Morgan fingerprint density at radius 1 is 1.38 bits per heavy atom.